The molecule has 0 aliphatic heterocycles. The summed E-state index contributed by atoms with van der Waals surface area (Å²) >= 11 is 6.44. The van der Waals surface area contributed by atoms with E-state index in [9.17, 15) is 8.42 Å². The standard InChI is InChI=1S/C8H14Br2N4O3S/c1-14-8(7(10)12-13-14)18(15,16)11-4-3-6(9)5-17-2/h6,11H,3-5H2,1-2H3. The predicted octanol–water partition coefficient (Wildman–Crippen LogP) is 0.656. The summed E-state index contributed by atoms with van der Waals surface area (Å²) in [5, 5.41) is 7.28. The zero-order valence-electron chi connectivity index (χ0n) is 9.93. The van der Waals surface area contributed by atoms with Crippen LogP contribution < -0.4 is 4.72 Å². The van der Waals surface area contributed by atoms with Crippen LogP contribution in [0.3, 0.4) is 0 Å². The van der Waals surface area contributed by atoms with E-state index in [1.165, 1.54) is 11.7 Å². The summed E-state index contributed by atoms with van der Waals surface area (Å²) in [6, 6.07) is 0. The van der Waals surface area contributed by atoms with E-state index in [1.54, 1.807) is 7.11 Å². The molecule has 0 bridgehead atoms. The average molecular weight is 406 g/mol. The molecule has 1 aromatic heterocycles. The highest BCUT2D eigenvalue weighted by Gasteiger charge is 2.23. The second-order valence-corrected chi connectivity index (χ2v) is 7.28. The second kappa shape index (κ2) is 6.94. The molecular weight excluding hydrogens is 392 g/mol. The summed E-state index contributed by atoms with van der Waals surface area (Å²) in [4.78, 5) is 0.110. The van der Waals surface area contributed by atoms with E-state index in [0.717, 1.165) is 0 Å². The molecule has 1 rings (SSSR count). The highest BCUT2D eigenvalue weighted by Crippen LogP contribution is 2.17. The maximum absolute atomic E-state index is 12.0. The van der Waals surface area contributed by atoms with Gasteiger partial charge in [0.1, 0.15) is 0 Å². The van der Waals surface area contributed by atoms with Crippen LogP contribution in [-0.4, -0.2) is 48.5 Å². The molecule has 1 aromatic rings. The first-order valence-electron chi connectivity index (χ1n) is 5.06. The van der Waals surface area contributed by atoms with Crippen LogP contribution >= 0.6 is 31.9 Å². The Morgan fingerprint density at radius 3 is 2.72 bits per heavy atom. The van der Waals surface area contributed by atoms with Crippen LogP contribution in [0.2, 0.25) is 0 Å². The molecule has 0 saturated carbocycles. The van der Waals surface area contributed by atoms with Gasteiger partial charge in [-0.1, -0.05) is 21.1 Å². The molecule has 1 N–H and O–H groups in total. The van der Waals surface area contributed by atoms with Crippen molar-refractivity contribution in [3.8, 4) is 0 Å². The van der Waals surface area contributed by atoms with Crippen molar-refractivity contribution in [3.05, 3.63) is 4.60 Å². The number of alkyl halides is 1. The number of aryl methyl sites for hydroxylation is 1. The third-order valence-corrected chi connectivity index (χ3v) is 5.16. The summed E-state index contributed by atoms with van der Waals surface area (Å²) in [6.07, 6.45) is 0.621. The third-order valence-electron chi connectivity index (χ3n) is 2.09. The fourth-order valence-electron chi connectivity index (χ4n) is 1.29. The van der Waals surface area contributed by atoms with Crippen LogP contribution in [0.1, 0.15) is 6.42 Å². The topological polar surface area (TPSA) is 86.1 Å². The fraction of sp³-hybridized carbons (Fsp3) is 0.750. The minimum atomic E-state index is -3.61. The summed E-state index contributed by atoms with van der Waals surface area (Å²) in [6.45, 7) is 0.831. The highest BCUT2D eigenvalue weighted by molar-refractivity contribution is 9.10. The third kappa shape index (κ3) is 4.26. The first-order chi connectivity index (χ1) is 8.38. The van der Waals surface area contributed by atoms with Gasteiger partial charge < -0.3 is 4.74 Å². The first-order valence-corrected chi connectivity index (χ1v) is 8.25. The second-order valence-electron chi connectivity index (χ2n) is 3.55. The van der Waals surface area contributed by atoms with Crippen LogP contribution in [-0.2, 0) is 21.8 Å². The van der Waals surface area contributed by atoms with Crippen molar-refractivity contribution < 1.29 is 13.2 Å². The molecule has 0 aliphatic carbocycles. The lowest BCUT2D eigenvalue weighted by atomic mass is 10.3. The lowest BCUT2D eigenvalue weighted by Gasteiger charge is -2.10. The van der Waals surface area contributed by atoms with E-state index < -0.39 is 10.0 Å². The summed E-state index contributed by atoms with van der Waals surface area (Å²) in [5.74, 6) is 0. The molecule has 10 heteroatoms. The van der Waals surface area contributed by atoms with Crippen molar-refractivity contribution in [1.82, 2.24) is 19.7 Å². The number of sulfonamides is 1. The molecule has 0 aliphatic rings. The number of nitrogens with zero attached hydrogens (tertiary/aromatic N) is 3. The Hall–Kier alpha value is -0.0300. The monoisotopic (exact) mass is 404 g/mol. The Balaban J connectivity index is 2.61. The first kappa shape index (κ1) is 16.0. The van der Waals surface area contributed by atoms with Crippen LogP contribution in [0.25, 0.3) is 0 Å². The molecular formula is C8H14Br2N4O3S. The largest absolute Gasteiger partial charge is 0.384 e. The number of hydrogen-bond donors (Lipinski definition) is 1. The van der Waals surface area contributed by atoms with Gasteiger partial charge in [-0.15, -0.1) is 5.10 Å². The predicted molar refractivity (Wildman–Crippen MR) is 73.1 cm³/mol. The van der Waals surface area contributed by atoms with Crippen LogP contribution in [0, 0.1) is 0 Å². The minimum absolute atomic E-state index is 0.0142. The van der Waals surface area contributed by atoms with E-state index in [2.05, 4.69) is 46.9 Å². The SMILES string of the molecule is COCC(Br)CCNS(=O)(=O)c1c(Br)nnn1C. The zero-order valence-corrected chi connectivity index (χ0v) is 13.9. The van der Waals surface area contributed by atoms with E-state index >= 15 is 0 Å². The van der Waals surface area contributed by atoms with Gasteiger partial charge in [-0.05, 0) is 22.4 Å². The lowest BCUT2D eigenvalue weighted by molar-refractivity contribution is 0.199. The molecule has 0 amide bonds. The molecule has 104 valence electrons. The Kier molecular flexibility index (Phi) is 6.18. The number of rotatable bonds is 7. The summed E-state index contributed by atoms with van der Waals surface area (Å²) in [5.41, 5.74) is 0. The van der Waals surface area contributed by atoms with Crippen molar-refractivity contribution in [2.45, 2.75) is 16.3 Å². The van der Waals surface area contributed by atoms with E-state index in [1.807, 2.05) is 0 Å². The number of hydrogen-bond acceptors (Lipinski definition) is 5. The van der Waals surface area contributed by atoms with Gasteiger partial charge in [0.25, 0.3) is 10.0 Å². The minimum Gasteiger partial charge on any atom is -0.384 e. The van der Waals surface area contributed by atoms with Gasteiger partial charge in [0.2, 0.25) is 5.03 Å². The van der Waals surface area contributed by atoms with Gasteiger partial charge in [0.05, 0.1) is 6.61 Å². The average Bonchev–Trinajstić information content (AvgIpc) is 2.59. The molecule has 0 radical (unpaired) electrons. The Bertz CT molecular complexity index is 471. The molecule has 1 atom stereocenters. The normalized spacial score (nSPS) is 13.8. The highest BCUT2D eigenvalue weighted by atomic mass is 79.9. The molecule has 0 aromatic carbocycles. The van der Waals surface area contributed by atoms with E-state index in [0.29, 0.717) is 19.6 Å². The number of methoxy groups -OCH3 is 1. The fourth-order valence-corrected chi connectivity index (χ4v) is 3.92. The van der Waals surface area contributed by atoms with Crippen LogP contribution in [0.5, 0.6) is 0 Å². The molecule has 0 spiro atoms. The maximum Gasteiger partial charge on any atom is 0.260 e. The lowest BCUT2D eigenvalue weighted by Crippen LogP contribution is -2.29. The number of halogens is 2. The van der Waals surface area contributed by atoms with Gasteiger partial charge in [-0.2, -0.15) is 0 Å². The maximum atomic E-state index is 12.0. The van der Waals surface area contributed by atoms with Crippen molar-refractivity contribution in [1.29, 1.82) is 0 Å². The molecule has 1 heterocycles. The molecule has 0 fully saturated rings. The Morgan fingerprint density at radius 1 is 1.56 bits per heavy atom. The van der Waals surface area contributed by atoms with Crippen molar-refractivity contribution in [2.24, 2.45) is 7.05 Å². The summed E-state index contributed by atoms with van der Waals surface area (Å²) < 4.78 is 32.8. The van der Waals surface area contributed by atoms with E-state index in [4.69, 9.17) is 4.74 Å². The Labute approximate surface area is 123 Å². The molecule has 18 heavy (non-hydrogen) atoms. The molecule has 7 nitrogen and oxygen atoms in total. The molecule has 1 unspecified atom stereocenters. The number of aromatic nitrogens is 3. The molecule has 0 saturated heterocycles. The number of nitrogens with one attached hydrogen (secondary N) is 1. The Morgan fingerprint density at radius 2 is 2.22 bits per heavy atom. The summed E-state index contributed by atoms with van der Waals surface area (Å²) in [7, 11) is -0.497. The smallest absolute Gasteiger partial charge is 0.260 e. The van der Waals surface area contributed by atoms with E-state index in [-0.39, 0.29) is 14.5 Å². The van der Waals surface area contributed by atoms with Crippen LogP contribution in [0.15, 0.2) is 9.63 Å². The van der Waals surface area contributed by atoms with Crippen LogP contribution in [0.4, 0.5) is 0 Å². The van der Waals surface area contributed by atoms with Crippen molar-refractivity contribution in [3.63, 3.8) is 0 Å². The quantitative estimate of drug-likeness (QED) is 0.673. The zero-order chi connectivity index (χ0) is 13.8. The van der Waals surface area contributed by atoms with Gasteiger partial charge in [-0.25, -0.2) is 17.8 Å². The van der Waals surface area contributed by atoms with Gasteiger partial charge in [0, 0.05) is 25.5 Å². The van der Waals surface area contributed by atoms with Crippen molar-refractivity contribution >= 4 is 41.9 Å². The van der Waals surface area contributed by atoms with Gasteiger partial charge >= 0.3 is 0 Å². The van der Waals surface area contributed by atoms with Gasteiger partial charge in [0.15, 0.2) is 4.60 Å². The van der Waals surface area contributed by atoms with Gasteiger partial charge in [-0.3, -0.25) is 0 Å². The number of ether oxygens (including phenoxy) is 1. The van der Waals surface area contributed by atoms with Crippen molar-refractivity contribution in [2.75, 3.05) is 20.3 Å².